The normalized spacial score (nSPS) is 11.7. The molecule has 5 nitrogen and oxygen atoms in total. The second-order valence-electron chi connectivity index (χ2n) is 7.03. The number of amides is 1. The molecule has 0 spiro atoms. The highest BCUT2D eigenvalue weighted by Crippen LogP contribution is 2.24. The van der Waals surface area contributed by atoms with Crippen LogP contribution in [0.25, 0.3) is 23.0 Å². The SMILES string of the molecule is CC(C)(C)NC(=O)/C=C/c1cn(-c2ccccc2)nc1-c1cccnc1. The molecular weight excluding hydrogens is 324 g/mol. The first-order valence-electron chi connectivity index (χ1n) is 8.48. The van der Waals surface area contributed by atoms with Crippen molar-refractivity contribution < 1.29 is 4.79 Å². The fraction of sp³-hybridized carbons (Fsp3) is 0.190. The van der Waals surface area contributed by atoms with Crippen molar-refractivity contribution in [3.05, 3.63) is 72.7 Å². The summed E-state index contributed by atoms with van der Waals surface area (Å²) in [6.45, 7) is 5.85. The van der Waals surface area contributed by atoms with Crippen LogP contribution in [0.3, 0.4) is 0 Å². The lowest BCUT2D eigenvalue weighted by atomic mass is 10.1. The number of carbonyl (C=O) groups is 1. The zero-order chi connectivity index (χ0) is 18.6. The molecule has 0 aliphatic heterocycles. The van der Waals surface area contributed by atoms with E-state index in [4.69, 9.17) is 5.10 Å². The lowest BCUT2D eigenvalue weighted by Crippen LogP contribution is -2.39. The van der Waals surface area contributed by atoms with Crippen LogP contribution in [-0.2, 0) is 4.79 Å². The number of carbonyl (C=O) groups excluding carboxylic acids is 1. The molecule has 0 fully saturated rings. The number of benzene rings is 1. The number of rotatable bonds is 4. The minimum absolute atomic E-state index is 0.137. The molecule has 3 rings (SSSR count). The number of pyridine rings is 1. The van der Waals surface area contributed by atoms with E-state index in [1.807, 2.05) is 74.1 Å². The van der Waals surface area contributed by atoms with E-state index in [-0.39, 0.29) is 11.4 Å². The molecule has 132 valence electrons. The molecule has 0 radical (unpaired) electrons. The molecule has 0 atom stereocenters. The zero-order valence-corrected chi connectivity index (χ0v) is 15.2. The molecule has 0 unspecified atom stereocenters. The predicted molar refractivity (Wildman–Crippen MR) is 104 cm³/mol. The lowest BCUT2D eigenvalue weighted by Gasteiger charge is -2.18. The Labute approximate surface area is 153 Å². The van der Waals surface area contributed by atoms with Crippen molar-refractivity contribution in [2.45, 2.75) is 26.3 Å². The third kappa shape index (κ3) is 4.45. The van der Waals surface area contributed by atoms with Crippen LogP contribution in [0.5, 0.6) is 0 Å². The van der Waals surface area contributed by atoms with Crippen molar-refractivity contribution in [2.24, 2.45) is 0 Å². The summed E-state index contributed by atoms with van der Waals surface area (Å²) in [6, 6.07) is 13.7. The van der Waals surface area contributed by atoms with Gasteiger partial charge in [-0.2, -0.15) is 5.10 Å². The van der Waals surface area contributed by atoms with E-state index >= 15 is 0 Å². The maximum absolute atomic E-state index is 12.1. The van der Waals surface area contributed by atoms with Gasteiger partial charge < -0.3 is 5.32 Å². The zero-order valence-electron chi connectivity index (χ0n) is 15.2. The summed E-state index contributed by atoms with van der Waals surface area (Å²) in [4.78, 5) is 16.3. The molecule has 0 saturated heterocycles. The maximum atomic E-state index is 12.1. The van der Waals surface area contributed by atoms with Crippen molar-refractivity contribution in [3.8, 4) is 16.9 Å². The van der Waals surface area contributed by atoms with Crippen LogP contribution < -0.4 is 5.32 Å². The third-order valence-corrected chi connectivity index (χ3v) is 3.61. The molecule has 5 heteroatoms. The van der Waals surface area contributed by atoms with Crippen LogP contribution in [-0.4, -0.2) is 26.2 Å². The summed E-state index contributed by atoms with van der Waals surface area (Å²) < 4.78 is 1.81. The number of aromatic nitrogens is 3. The van der Waals surface area contributed by atoms with Gasteiger partial charge in [-0.3, -0.25) is 9.78 Å². The average molecular weight is 346 g/mol. The van der Waals surface area contributed by atoms with Gasteiger partial charge in [-0.1, -0.05) is 18.2 Å². The van der Waals surface area contributed by atoms with E-state index in [1.54, 1.807) is 18.5 Å². The summed E-state index contributed by atoms with van der Waals surface area (Å²) in [5, 5.41) is 7.62. The van der Waals surface area contributed by atoms with Crippen LogP contribution in [0.1, 0.15) is 26.3 Å². The van der Waals surface area contributed by atoms with Crippen LogP contribution in [0.15, 0.2) is 67.1 Å². The van der Waals surface area contributed by atoms with Crippen molar-refractivity contribution in [3.63, 3.8) is 0 Å². The Hall–Kier alpha value is -3.21. The molecule has 1 amide bonds. The van der Waals surface area contributed by atoms with Gasteiger partial charge in [-0.05, 0) is 51.1 Å². The standard InChI is InChI=1S/C21H22N4O/c1-21(2,3)23-19(26)12-11-17-15-25(18-9-5-4-6-10-18)24-20(17)16-8-7-13-22-14-16/h4-15H,1-3H3,(H,23,26)/b12-11+. The fourth-order valence-electron chi connectivity index (χ4n) is 2.53. The second kappa shape index (κ2) is 7.35. The molecular formula is C21H22N4O. The van der Waals surface area contributed by atoms with Crippen LogP contribution >= 0.6 is 0 Å². The molecule has 0 bridgehead atoms. The first kappa shape index (κ1) is 17.6. The van der Waals surface area contributed by atoms with Gasteiger partial charge in [0, 0.05) is 41.3 Å². The van der Waals surface area contributed by atoms with Gasteiger partial charge in [0.05, 0.1) is 5.69 Å². The van der Waals surface area contributed by atoms with E-state index in [0.29, 0.717) is 0 Å². The van der Waals surface area contributed by atoms with E-state index in [2.05, 4.69) is 10.3 Å². The Bertz CT molecular complexity index is 906. The minimum Gasteiger partial charge on any atom is -0.348 e. The molecule has 0 aliphatic carbocycles. The Kier molecular flexibility index (Phi) is 4.98. The van der Waals surface area contributed by atoms with Gasteiger partial charge in [0.2, 0.25) is 5.91 Å². The largest absolute Gasteiger partial charge is 0.348 e. The maximum Gasteiger partial charge on any atom is 0.244 e. The quantitative estimate of drug-likeness (QED) is 0.730. The number of hydrogen-bond donors (Lipinski definition) is 1. The highest BCUT2D eigenvalue weighted by molar-refractivity contribution is 5.93. The summed E-state index contributed by atoms with van der Waals surface area (Å²) >= 11 is 0. The number of hydrogen-bond acceptors (Lipinski definition) is 3. The number of para-hydroxylation sites is 1. The molecule has 1 N–H and O–H groups in total. The van der Waals surface area contributed by atoms with Crippen molar-refractivity contribution in [1.82, 2.24) is 20.1 Å². The minimum atomic E-state index is -0.276. The highest BCUT2D eigenvalue weighted by Gasteiger charge is 2.13. The Balaban J connectivity index is 1.97. The van der Waals surface area contributed by atoms with Crippen LogP contribution in [0.4, 0.5) is 0 Å². The fourth-order valence-corrected chi connectivity index (χ4v) is 2.53. The molecule has 2 heterocycles. The summed E-state index contributed by atoms with van der Waals surface area (Å²) in [6.07, 6.45) is 8.74. The Morgan fingerprint density at radius 1 is 1.12 bits per heavy atom. The lowest BCUT2D eigenvalue weighted by molar-refractivity contribution is -0.117. The van der Waals surface area contributed by atoms with Crippen molar-refractivity contribution >= 4 is 12.0 Å². The van der Waals surface area contributed by atoms with Crippen molar-refractivity contribution in [1.29, 1.82) is 0 Å². The van der Waals surface area contributed by atoms with E-state index < -0.39 is 0 Å². The smallest absolute Gasteiger partial charge is 0.244 e. The monoisotopic (exact) mass is 346 g/mol. The summed E-state index contributed by atoms with van der Waals surface area (Å²) in [5.74, 6) is -0.137. The summed E-state index contributed by atoms with van der Waals surface area (Å²) in [7, 11) is 0. The molecule has 3 aromatic rings. The van der Waals surface area contributed by atoms with Gasteiger partial charge in [-0.15, -0.1) is 0 Å². The average Bonchev–Trinajstić information content (AvgIpc) is 3.04. The molecule has 2 aromatic heterocycles. The highest BCUT2D eigenvalue weighted by atomic mass is 16.1. The first-order valence-corrected chi connectivity index (χ1v) is 8.48. The van der Waals surface area contributed by atoms with Gasteiger partial charge in [0.25, 0.3) is 0 Å². The first-order chi connectivity index (χ1) is 12.4. The number of nitrogens with one attached hydrogen (secondary N) is 1. The Morgan fingerprint density at radius 3 is 2.54 bits per heavy atom. The van der Waals surface area contributed by atoms with Gasteiger partial charge in [0.15, 0.2) is 0 Å². The molecule has 26 heavy (non-hydrogen) atoms. The number of nitrogens with zero attached hydrogens (tertiary/aromatic N) is 3. The summed E-state index contributed by atoms with van der Waals surface area (Å²) in [5.41, 5.74) is 3.21. The topological polar surface area (TPSA) is 59.8 Å². The van der Waals surface area contributed by atoms with E-state index in [1.165, 1.54) is 6.08 Å². The van der Waals surface area contributed by atoms with Crippen LogP contribution in [0, 0.1) is 0 Å². The second-order valence-corrected chi connectivity index (χ2v) is 7.03. The third-order valence-electron chi connectivity index (χ3n) is 3.61. The van der Waals surface area contributed by atoms with Gasteiger partial charge >= 0.3 is 0 Å². The van der Waals surface area contributed by atoms with Gasteiger partial charge in [-0.25, -0.2) is 4.68 Å². The van der Waals surface area contributed by atoms with Crippen molar-refractivity contribution in [2.75, 3.05) is 0 Å². The predicted octanol–water partition coefficient (Wildman–Crippen LogP) is 3.86. The van der Waals surface area contributed by atoms with Gasteiger partial charge in [0.1, 0.15) is 5.69 Å². The molecule has 0 saturated carbocycles. The van der Waals surface area contributed by atoms with E-state index in [0.717, 1.165) is 22.5 Å². The van der Waals surface area contributed by atoms with E-state index in [9.17, 15) is 4.79 Å². The van der Waals surface area contributed by atoms with Crippen LogP contribution in [0.2, 0.25) is 0 Å². The Morgan fingerprint density at radius 2 is 1.88 bits per heavy atom. The molecule has 1 aromatic carbocycles. The molecule has 0 aliphatic rings.